The first-order chi connectivity index (χ1) is 12.8. The summed E-state index contributed by atoms with van der Waals surface area (Å²) in [4.78, 5) is 25.0. The summed E-state index contributed by atoms with van der Waals surface area (Å²) in [6.45, 7) is 0. The molecular formula is C18H13ClN2O5S. The van der Waals surface area contributed by atoms with Crippen LogP contribution < -0.4 is 10.3 Å². The van der Waals surface area contributed by atoms with Crippen molar-refractivity contribution in [2.45, 2.75) is 4.90 Å². The Labute approximate surface area is 159 Å². The van der Waals surface area contributed by atoms with Crippen LogP contribution in [0.4, 0.5) is 5.69 Å². The van der Waals surface area contributed by atoms with Crippen LogP contribution in [0.5, 0.6) is 0 Å². The number of pyridine rings is 1. The van der Waals surface area contributed by atoms with E-state index in [2.05, 4.69) is 9.71 Å². The maximum absolute atomic E-state index is 12.6. The summed E-state index contributed by atoms with van der Waals surface area (Å²) in [5, 5.41) is 9.39. The van der Waals surface area contributed by atoms with Crippen molar-refractivity contribution in [1.29, 1.82) is 0 Å². The van der Waals surface area contributed by atoms with Gasteiger partial charge in [-0.3, -0.25) is 9.52 Å². The Hall–Kier alpha value is -3.10. The van der Waals surface area contributed by atoms with Crippen LogP contribution in [0.1, 0.15) is 10.4 Å². The normalized spacial score (nSPS) is 11.1. The van der Waals surface area contributed by atoms with Crippen molar-refractivity contribution in [2.75, 3.05) is 4.72 Å². The minimum atomic E-state index is -4.36. The molecule has 3 rings (SSSR count). The molecule has 9 heteroatoms. The zero-order valence-electron chi connectivity index (χ0n) is 13.6. The van der Waals surface area contributed by atoms with E-state index in [9.17, 15) is 23.1 Å². The molecule has 0 saturated carbocycles. The standard InChI is InChI=1S/C18H13ClN2O5S/c19-13-9-16(17(22)20-10-13)27(25,26)21-15-8-12(6-7-14(15)18(23)24)11-4-2-1-3-5-11/h1-10,21H,(H,20,22)(H,23,24). The number of benzene rings is 2. The lowest BCUT2D eigenvalue weighted by Crippen LogP contribution is -2.23. The molecule has 1 aromatic heterocycles. The van der Waals surface area contributed by atoms with Gasteiger partial charge in [-0.1, -0.05) is 48.0 Å². The number of aromatic nitrogens is 1. The number of halogens is 1. The quantitative estimate of drug-likeness (QED) is 0.603. The molecule has 0 fully saturated rings. The van der Waals surface area contributed by atoms with Crippen molar-refractivity contribution in [1.82, 2.24) is 4.98 Å². The Balaban J connectivity index is 2.11. The van der Waals surface area contributed by atoms with E-state index in [4.69, 9.17) is 11.6 Å². The first-order valence-electron chi connectivity index (χ1n) is 7.62. The monoisotopic (exact) mass is 404 g/mol. The van der Waals surface area contributed by atoms with E-state index in [1.807, 2.05) is 6.07 Å². The highest BCUT2D eigenvalue weighted by atomic mass is 35.5. The lowest BCUT2D eigenvalue weighted by Gasteiger charge is -2.12. The fourth-order valence-corrected chi connectivity index (χ4v) is 3.84. The molecule has 3 aromatic rings. The van der Waals surface area contributed by atoms with Crippen molar-refractivity contribution in [3.05, 3.63) is 81.7 Å². The lowest BCUT2D eigenvalue weighted by molar-refractivity contribution is 0.0698. The third kappa shape index (κ3) is 4.02. The second kappa shape index (κ2) is 7.26. The third-order valence-corrected chi connectivity index (χ3v) is 5.31. The second-order valence-electron chi connectivity index (χ2n) is 5.55. The zero-order chi connectivity index (χ0) is 19.6. The third-order valence-electron chi connectivity index (χ3n) is 3.72. The highest BCUT2D eigenvalue weighted by Gasteiger charge is 2.22. The van der Waals surface area contributed by atoms with Crippen molar-refractivity contribution >= 4 is 33.3 Å². The van der Waals surface area contributed by atoms with Gasteiger partial charge in [-0.15, -0.1) is 0 Å². The van der Waals surface area contributed by atoms with Gasteiger partial charge >= 0.3 is 5.97 Å². The fraction of sp³-hybridized carbons (Fsp3) is 0. The summed E-state index contributed by atoms with van der Waals surface area (Å²) in [6.07, 6.45) is 1.15. The molecule has 0 radical (unpaired) electrons. The number of anilines is 1. The van der Waals surface area contributed by atoms with Crippen molar-refractivity contribution in [3.63, 3.8) is 0 Å². The Morgan fingerprint density at radius 2 is 1.74 bits per heavy atom. The van der Waals surface area contributed by atoms with Crippen molar-refractivity contribution in [2.24, 2.45) is 0 Å². The number of rotatable bonds is 5. The minimum Gasteiger partial charge on any atom is -0.478 e. The molecule has 138 valence electrons. The number of H-pyrrole nitrogens is 1. The van der Waals surface area contributed by atoms with Gasteiger partial charge in [-0.2, -0.15) is 0 Å². The van der Waals surface area contributed by atoms with Crippen LogP contribution in [0.15, 0.2) is 70.5 Å². The second-order valence-corrected chi connectivity index (χ2v) is 7.64. The molecule has 0 amide bonds. The molecular weight excluding hydrogens is 392 g/mol. The summed E-state index contributed by atoms with van der Waals surface area (Å²) in [7, 11) is -4.36. The first-order valence-corrected chi connectivity index (χ1v) is 9.48. The molecule has 0 saturated heterocycles. The Kier molecular flexibility index (Phi) is 5.02. The van der Waals surface area contributed by atoms with Gasteiger partial charge in [-0.25, -0.2) is 13.2 Å². The molecule has 2 aromatic carbocycles. The van der Waals surface area contributed by atoms with Crippen LogP contribution in [0, 0.1) is 0 Å². The molecule has 3 N–H and O–H groups in total. The number of carboxylic acids is 1. The highest BCUT2D eigenvalue weighted by Crippen LogP contribution is 2.27. The SMILES string of the molecule is O=C(O)c1ccc(-c2ccccc2)cc1NS(=O)(=O)c1cc(Cl)c[nH]c1=O. The van der Waals surface area contributed by atoms with Gasteiger partial charge in [0.1, 0.15) is 0 Å². The average Bonchev–Trinajstić information content (AvgIpc) is 2.63. The molecule has 0 unspecified atom stereocenters. The van der Waals surface area contributed by atoms with E-state index >= 15 is 0 Å². The van der Waals surface area contributed by atoms with Crippen LogP contribution in [-0.4, -0.2) is 24.5 Å². The number of sulfonamides is 1. The van der Waals surface area contributed by atoms with E-state index in [0.717, 1.165) is 17.8 Å². The van der Waals surface area contributed by atoms with E-state index in [1.54, 1.807) is 30.3 Å². The molecule has 0 aliphatic heterocycles. The van der Waals surface area contributed by atoms with Crippen LogP contribution in [0.2, 0.25) is 5.02 Å². The number of nitrogens with one attached hydrogen (secondary N) is 2. The molecule has 27 heavy (non-hydrogen) atoms. The van der Waals surface area contributed by atoms with E-state index < -0.39 is 26.4 Å². The minimum absolute atomic E-state index is 0.0199. The molecule has 1 heterocycles. The summed E-state index contributed by atoms with van der Waals surface area (Å²) in [6, 6.07) is 14.3. The van der Waals surface area contributed by atoms with Crippen LogP contribution in [0.25, 0.3) is 11.1 Å². The lowest BCUT2D eigenvalue weighted by atomic mass is 10.0. The van der Waals surface area contributed by atoms with Crippen molar-refractivity contribution in [3.8, 4) is 11.1 Å². The fourth-order valence-electron chi connectivity index (χ4n) is 2.46. The van der Waals surface area contributed by atoms with Gasteiger partial charge in [-0.05, 0) is 29.3 Å². The highest BCUT2D eigenvalue weighted by molar-refractivity contribution is 7.92. The van der Waals surface area contributed by atoms with Gasteiger partial charge in [0.2, 0.25) is 0 Å². The molecule has 0 atom stereocenters. The number of hydrogen-bond donors (Lipinski definition) is 3. The first kappa shape index (κ1) is 18.7. The summed E-state index contributed by atoms with van der Waals surface area (Å²) in [5.41, 5.74) is 0.0942. The van der Waals surface area contributed by atoms with Gasteiger partial charge in [0.15, 0.2) is 4.90 Å². The summed E-state index contributed by atoms with van der Waals surface area (Å²) in [5.74, 6) is -1.31. The summed E-state index contributed by atoms with van der Waals surface area (Å²) >= 11 is 5.76. The number of hydrogen-bond acceptors (Lipinski definition) is 4. The summed E-state index contributed by atoms with van der Waals surface area (Å²) < 4.78 is 27.4. The predicted octanol–water partition coefficient (Wildman–Crippen LogP) is 3.19. The maximum Gasteiger partial charge on any atom is 0.337 e. The number of carboxylic acid groups (broad SMARTS) is 1. The van der Waals surface area contributed by atoms with E-state index in [-0.39, 0.29) is 16.3 Å². The molecule has 0 bridgehead atoms. The van der Waals surface area contributed by atoms with Gasteiger partial charge in [0, 0.05) is 6.20 Å². The van der Waals surface area contributed by atoms with Crippen LogP contribution >= 0.6 is 11.6 Å². The molecule has 0 aliphatic carbocycles. The largest absolute Gasteiger partial charge is 0.478 e. The predicted molar refractivity (Wildman–Crippen MR) is 102 cm³/mol. The van der Waals surface area contributed by atoms with Gasteiger partial charge < -0.3 is 10.1 Å². The van der Waals surface area contributed by atoms with E-state index in [0.29, 0.717) is 5.56 Å². The van der Waals surface area contributed by atoms with Gasteiger partial charge in [0.25, 0.3) is 15.6 Å². The number of aromatic amines is 1. The van der Waals surface area contributed by atoms with Crippen LogP contribution in [-0.2, 0) is 10.0 Å². The van der Waals surface area contributed by atoms with Gasteiger partial charge in [0.05, 0.1) is 16.3 Å². The number of aromatic carboxylic acids is 1. The molecule has 7 nitrogen and oxygen atoms in total. The Morgan fingerprint density at radius 1 is 1.04 bits per heavy atom. The average molecular weight is 405 g/mol. The molecule has 0 spiro atoms. The Bertz CT molecular complexity index is 1170. The Morgan fingerprint density at radius 3 is 2.41 bits per heavy atom. The topological polar surface area (TPSA) is 116 Å². The molecule has 0 aliphatic rings. The maximum atomic E-state index is 12.6. The zero-order valence-corrected chi connectivity index (χ0v) is 15.2. The van der Waals surface area contributed by atoms with Crippen molar-refractivity contribution < 1.29 is 18.3 Å². The van der Waals surface area contributed by atoms with Crippen LogP contribution in [0.3, 0.4) is 0 Å². The van der Waals surface area contributed by atoms with E-state index in [1.165, 1.54) is 12.1 Å². The number of carbonyl (C=O) groups is 1. The smallest absolute Gasteiger partial charge is 0.337 e.